The molecule has 1 amide bonds. The van der Waals surface area contributed by atoms with Crippen LogP contribution in [0, 0.1) is 0 Å². The van der Waals surface area contributed by atoms with Gasteiger partial charge in [-0.3, -0.25) is 14.6 Å². The number of hydrogen-bond donors (Lipinski definition) is 1. The number of amides is 1. The van der Waals surface area contributed by atoms with E-state index in [0.717, 1.165) is 5.56 Å². The van der Waals surface area contributed by atoms with E-state index in [4.69, 9.17) is 9.47 Å². The Kier molecular flexibility index (Phi) is 6.81. The van der Waals surface area contributed by atoms with Crippen molar-refractivity contribution >= 4 is 28.1 Å². The molecule has 0 spiro atoms. The number of ether oxygens (including phenoxy) is 2. The summed E-state index contributed by atoms with van der Waals surface area (Å²) in [6, 6.07) is 20.9. The van der Waals surface area contributed by atoms with Crippen molar-refractivity contribution in [1.82, 2.24) is 10.3 Å². The van der Waals surface area contributed by atoms with E-state index in [1.54, 1.807) is 54.7 Å². The first-order valence-corrected chi connectivity index (χ1v) is 10.8. The molecule has 1 aromatic heterocycles. The lowest BCUT2D eigenvalue weighted by Gasteiger charge is -2.18. The Morgan fingerprint density at radius 1 is 1.00 bits per heavy atom. The molecule has 1 N–H and O–H groups in total. The smallest absolute Gasteiger partial charge is 0.338 e. The van der Waals surface area contributed by atoms with Crippen molar-refractivity contribution in [1.29, 1.82) is 0 Å². The molecular formula is C24H20N2O5S. The van der Waals surface area contributed by atoms with E-state index in [0.29, 0.717) is 35.2 Å². The lowest BCUT2D eigenvalue weighted by atomic mass is 10.1. The molecule has 1 aliphatic rings. The molecule has 0 aliphatic carbocycles. The van der Waals surface area contributed by atoms with Crippen LogP contribution in [0.2, 0.25) is 0 Å². The lowest BCUT2D eigenvalue weighted by Crippen LogP contribution is -2.30. The van der Waals surface area contributed by atoms with Gasteiger partial charge in [-0.15, -0.1) is 0 Å². The average Bonchev–Trinajstić information content (AvgIpc) is 3.15. The van der Waals surface area contributed by atoms with Crippen molar-refractivity contribution in [3.8, 4) is 5.75 Å². The summed E-state index contributed by atoms with van der Waals surface area (Å²) in [5, 5.41) is 2.16. The Bertz CT molecular complexity index is 1090. The van der Waals surface area contributed by atoms with Crippen molar-refractivity contribution in [2.45, 2.75) is 18.6 Å². The van der Waals surface area contributed by atoms with Gasteiger partial charge in [-0.1, -0.05) is 36.4 Å². The summed E-state index contributed by atoms with van der Waals surface area (Å²) in [6.07, 6.45) is 1.37. The Morgan fingerprint density at radius 3 is 2.41 bits per heavy atom. The van der Waals surface area contributed by atoms with Crippen LogP contribution in [0.15, 0.2) is 79.0 Å². The number of carbonyl (C=O) groups excluding carboxylic acids is 3. The molecule has 1 fully saturated rings. The minimum absolute atomic E-state index is 0.0861. The number of aromatic nitrogens is 1. The molecule has 0 bridgehead atoms. The molecule has 2 aromatic carbocycles. The number of nitrogens with one attached hydrogen (secondary N) is 1. The van der Waals surface area contributed by atoms with Gasteiger partial charge in [0.1, 0.15) is 18.4 Å². The Balaban J connectivity index is 1.40. The first-order valence-electron chi connectivity index (χ1n) is 9.99. The summed E-state index contributed by atoms with van der Waals surface area (Å²) in [5.74, 6) is 0.128. The van der Waals surface area contributed by atoms with Crippen molar-refractivity contribution in [2.24, 2.45) is 0 Å². The summed E-state index contributed by atoms with van der Waals surface area (Å²) in [7, 11) is 0. The van der Waals surface area contributed by atoms with Crippen LogP contribution >= 0.6 is 11.8 Å². The maximum absolute atomic E-state index is 12.5. The molecule has 0 saturated carbocycles. The molecule has 8 heteroatoms. The zero-order chi connectivity index (χ0) is 22.3. The largest absolute Gasteiger partial charge is 0.489 e. The van der Waals surface area contributed by atoms with E-state index in [2.05, 4.69) is 10.3 Å². The van der Waals surface area contributed by atoms with Crippen LogP contribution < -0.4 is 10.1 Å². The van der Waals surface area contributed by atoms with Crippen LogP contribution in [0.1, 0.15) is 27.7 Å². The molecular weight excluding hydrogens is 428 g/mol. The van der Waals surface area contributed by atoms with Crippen LogP contribution in [-0.2, 0) is 16.0 Å². The second-order valence-corrected chi connectivity index (χ2v) is 8.06. The monoisotopic (exact) mass is 448 g/mol. The highest BCUT2D eigenvalue weighted by atomic mass is 32.2. The molecule has 2 heterocycles. The molecule has 0 radical (unpaired) electrons. The normalized spacial score (nSPS) is 16.3. The topological polar surface area (TPSA) is 94.6 Å². The van der Waals surface area contributed by atoms with Gasteiger partial charge in [0.25, 0.3) is 5.24 Å². The zero-order valence-corrected chi connectivity index (χ0v) is 17.8. The summed E-state index contributed by atoms with van der Waals surface area (Å²) < 4.78 is 11.5. The SMILES string of the molecule is O=C1NC(Cc2ccc(OCC(OC(=O)c3ccccc3)c3ccccn3)cc2)C(=O)S1. The Labute approximate surface area is 189 Å². The van der Waals surface area contributed by atoms with Crippen molar-refractivity contribution in [3.05, 3.63) is 95.8 Å². The summed E-state index contributed by atoms with van der Waals surface area (Å²) in [6.45, 7) is 0.0861. The minimum Gasteiger partial charge on any atom is -0.489 e. The predicted octanol–water partition coefficient (Wildman–Crippen LogP) is 3.95. The second-order valence-electron chi connectivity index (χ2n) is 7.08. The quantitative estimate of drug-likeness (QED) is 0.521. The average molecular weight is 449 g/mol. The van der Waals surface area contributed by atoms with Crippen molar-refractivity contribution in [2.75, 3.05) is 6.61 Å². The number of nitrogens with zero attached hydrogens (tertiary/aromatic N) is 1. The molecule has 32 heavy (non-hydrogen) atoms. The first kappa shape index (κ1) is 21.6. The van der Waals surface area contributed by atoms with Gasteiger partial charge < -0.3 is 14.8 Å². The highest BCUT2D eigenvalue weighted by Crippen LogP contribution is 2.22. The van der Waals surface area contributed by atoms with E-state index >= 15 is 0 Å². The van der Waals surface area contributed by atoms with Crippen molar-refractivity contribution < 1.29 is 23.9 Å². The van der Waals surface area contributed by atoms with Crippen molar-refractivity contribution in [3.63, 3.8) is 0 Å². The molecule has 2 atom stereocenters. The van der Waals surface area contributed by atoms with Gasteiger partial charge >= 0.3 is 5.97 Å². The standard InChI is InChI=1S/C24H20N2O5S/c27-22(17-6-2-1-3-7-17)31-21(19-8-4-5-13-25-19)15-30-18-11-9-16(10-12-18)14-20-23(28)32-24(29)26-20/h1-13,20-21H,14-15H2,(H,26,29). The fraction of sp³-hybridized carbons (Fsp3) is 0.167. The number of benzene rings is 2. The first-order chi connectivity index (χ1) is 15.6. The van der Waals surface area contributed by atoms with Crippen LogP contribution in [0.5, 0.6) is 5.75 Å². The highest BCUT2D eigenvalue weighted by Gasteiger charge is 2.31. The number of esters is 1. The number of hydrogen-bond acceptors (Lipinski definition) is 7. The molecule has 1 saturated heterocycles. The summed E-state index contributed by atoms with van der Waals surface area (Å²) in [5.41, 5.74) is 1.93. The number of rotatable bonds is 8. The van der Waals surface area contributed by atoms with E-state index in [1.807, 2.05) is 24.3 Å². The second kappa shape index (κ2) is 10.1. The lowest BCUT2D eigenvalue weighted by molar-refractivity contribution is -0.112. The Hall–Kier alpha value is -3.65. The molecule has 3 aromatic rings. The maximum Gasteiger partial charge on any atom is 0.338 e. The van der Waals surface area contributed by atoms with E-state index in [9.17, 15) is 14.4 Å². The zero-order valence-electron chi connectivity index (χ0n) is 17.0. The summed E-state index contributed by atoms with van der Waals surface area (Å²) in [4.78, 5) is 39.9. The number of carbonyl (C=O) groups is 3. The number of pyridine rings is 1. The van der Waals surface area contributed by atoms with Crippen LogP contribution in [0.4, 0.5) is 4.79 Å². The molecule has 4 rings (SSSR count). The van der Waals surface area contributed by atoms with Crippen LogP contribution in [0.3, 0.4) is 0 Å². The van der Waals surface area contributed by atoms with Gasteiger partial charge in [-0.2, -0.15) is 0 Å². The third-order valence-electron chi connectivity index (χ3n) is 4.81. The molecule has 1 aliphatic heterocycles. The van der Waals surface area contributed by atoms with Crippen LogP contribution in [-0.4, -0.2) is 34.0 Å². The third kappa shape index (κ3) is 5.53. The molecule has 7 nitrogen and oxygen atoms in total. The molecule has 162 valence electrons. The van der Waals surface area contributed by atoms with Gasteiger partial charge in [-0.25, -0.2) is 4.79 Å². The van der Waals surface area contributed by atoms with E-state index in [-0.39, 0.29) is 17.0 Å². The van der Waals surface area contributed by atoms with E-state index in [1.165, 1.54) is 0 Å². The fourth-order valence-electron chi connectivity index (χ4n) is 3.17. The summed E-state index contributed by atoms with van der Waals surface area (Å²) >= 11 is 0.702. The van der Waals surface area contributed by atoms with Gasteiger partial charge in [0.05, 0.1) is 11.3 Å². The van der Waals surface area contributed by atoms with Gasteiger partial charge in [0.2, 0.25) is 5.12 Å². The van der Waals surface area contributed by atoms with Crippen LogP contribution in [0.25, 0.3) is 0 Å². The number of thioether (sulfide) groups is 1. The molecule has 2 unspecified atom stereocenters. The minimum atomic E-state index is -0.688. The van der Waals surface area contributed by atoms with Gasteiger partial charge in [0.15, 0.2) is 6.10 Å². The van der Waals surface area contributed by atoms with Gasteiger partial charge in [-0.05, 0) is 42.0 Å². The van der Waals surface area contributed by atoms with E-state index < -0.39 is 18.1 Å². The Morgan fingerprint density at radius 2 is 1.75 bits per heavy atom. The fourth-order valence-corrected chi connectivity index (χ4v) is 3.84. The highest BCUT2D eigenvalue weighted by molar-refractivity contribution is 8.26. The third-order valence-corrected chi connectivity index (χ3v) is 5.60. The maximum atomic E-state index is 12.5. The van der Waals surface area contributed by atoms with Gasteiger partial charge in [0, 0.05) is 24.4 Å². The predicted molar refractivity (Wildman–Crippen MR) is 119 cm³/mol.